The van der Waals surface area contributed by atoms with Gasteiger partial charge in [0, 0.05) is 40.7 Å². The van der Waals surface area contributed by atoms with Gasteiger partial charge in [-0.2, -0.15) is 0 Å². The van der Waals surface area contributed by atoms with Crippen LogP contribution in [0.1, 0.15) is 68.4 Å². The first-order valence-corrected chi connectivity index (χ1v) is 11.2. The molecule has 2 aromatic carbocycles. The number of amides is 1. The lowest BCUT2D eigenvalue weighted by atomic mass is 10.0. The largest absolute Gasteiger partial charge is 0.496 e. The standard InChI is InChI=1S/C25H28N2O3.C2H6/c1-5-6-9-19-16(2)8-7-10-22(19)27-25(29)20-12-11-18(15-24(20)30-4)26-21-13-14-23(28)17(21)3;1-2/h6-12,15,26H,5,13-14H2,1-4H3,(H,27,29);1-2H3/b9-6-;. The first-order valence-electron chi connectivity index (χ1n) is 11.2. The van der Waals surface area contributed by atoms with Gasteiger partial charge in [-0.05, 0) is 50.5 Å². The molecule has 0 heterocycles. The molecule has 5 nitrogen and oxygen atoms in total. The van der Waals surface area contributed by atoms with Crippen molar-refractivity contribution in [3.05, 3.63) is 70.4 Å². The summed E-state index contributed by atoms with van der Waals surface area (Å²) in [6.07, 6.45) is 6.27. The van der Waals surface area contributed by atoms with E-state index in [-0.39, 0.29) is 11.7 Å². The second kappa shape index (κ2) is 11.9. The molecule has 0 radical (unpaired) electrons. The summed E-state index contributed by atoms with van der Waals surface area (Å²) in [5.74, 6) is 0.409. The molecule has 0 unspecified atom stereocenters. The second-order valence-electron chi connectivity index (χ2n) is 7.37. The highest BCUT2D eigenvalue weighted by Gasteiger charge is 2.20. The third kappa shape index (κ3) is 5.88. The number of ketones is 1. The number of benzene rings is 2. The van der Waals surface area contributed by atoms with E-state index in [1.807, 2.05) is 58.0 Å². The average molecular weight is 435 g/mol. The van der Waals surface area contributed by atoms with Crippen LogP contribution in [0.15, 0.2) is 53.7 Å². The maximum atomic E-state index is 13.0. The van der Waals surface area contributed by atoms with E-state index in [1.54, 1.807) is 19.2 Å². The Bertz CT molecular complexity index is 1040. The maximum Gasteiger partial charge on any atom is 0.259 e. The zero-order valence-electron chi connectivity index (χ0n) is 20.0. The summed E-state index contributed by atoms with van der Waals surface area (Å²) < 4.78 is 5.48. The van der Waals surface area contributed by atoms with E-state index >= 15 is 0 Å². The number of carbonyl (C=O) groups is 2. The SMILES string of the molecule is CC.CC/C=C\c1c(C)cccc1NC(=O)c1ccc(NC2=C(C)C(=O)CC2)cc1OC. The van der Waals surface area contributed by atoms with Crippen LogP contribution in [0.4, 0.5) is 11.4 Å². The fourth-order valence-corrected chi connectivity index (χ4v) is 3.51. The molecule has 1 amide bonds. The molecule has 0 fully saturated rings. The summed E-state index contributed by atoms with van der Waals surface area (Å²) in [7, 11) is 1.54. The predicted molar refractivity (Wildman–Crippen MR) is 133 cm³/mol. The molecular weight excluding hydrogens is 400 g/mol. The Labute approximate surface area is 191 Å². The summed E-state index contributed by atoms with van der Waals surface area (Å²) in [6, 6.07) is 11.2. The van der Waals surface area contributed by atoms with Crippen LogP contribution < -0.4 is 15.4 Å². The Hall–Kier alpha value is -3.34. The van der Waals surface area contributed by atoms with Crippen molar-refractivity contribution < 1.29 is 14.3 Å². The summed E-state index contributed by atoms with van der Waals surface area (Å²) in [4.78, 5) is 24.7. The Kier molecular flexibility index (Phi) is 9.26. The lowest BCUT2D eigenvalue weighted by Gasteiger charge is -2.15. The second-order valence-corrected chi connectivity index (χ2v) is 7.37. The molecule has 2 N–H and O–H groups in total. The van der Waals surface area contributed by atoms with E-state index < -0.39 is 0 Å². The summed E-state index contributed by atoms with van der Waals surface area (Å²) in [6.45, 7) is 9.94. The number of hydrogen-bond acceptors (Lipinski definition) is 4. The van der Waals surface area contributed by atoms with E-state index in [4.69, 9.17) is 4.74 Å². The van der Waals surface area contributed by atoms with Gasteiger partial charge >= 0.3 is 0 Å². The highest BCUT2D eigenvalue weighted by molar-refractivity contribution is 6.07. The van der Waals surface area contributed by atoms with Crippen molar-refractivity contribution in [3.8, 4) is 5.75 Å². The van der Waals surface area contributed by atoms with E-state index in [0.29, 0.717) is 24.2 Å². The molecule has 0 atom stereocenters. The molecule has 2 aromatic rings. The van der Waals surface area contributed by atoms with Crippen LogP contribution in [-0.4, -0.2) is 18.8 Å². The summed E-state index contributed by atoms with van der Waals surface area (Å²) >= 11 is 0. The third-order valence-electron chi connectivity index (χ3n) is 5.31. The molecule has 0 saturated carbocycles. The number of aryl methyl sites for hydroxylation is 1. The molecule has 170 valence electrons. The molecule has 5 heteroatoms. The number of methoxy groups -OCH3 is 1. The van der Waals surface area contributed by atoms with Crippen LogP contribution in [0.2, 0.25) is 0 Å². The van der Waals surface area contributed by atoms with Gasteiger partial charge in [0.05, 0.1) is 12.7 Å². The lowest BCUT2D eigenvalue weighted by molar-refractivity contribution is -0.114. The third-order valence-corrected chi connectivity index (χ3v) is 5.31. The number of rotatable bonds is 7. The number of Topliss-reactive ketones (excluding diaryl/α,β-unsaturated/α-hetero) is 1. The quantitative estimate of drug-likeness (QED) is 0.505. The van der Waals surface area contributed by atoms with Gasteiger partial charge in [0.25, 0.3) is 5.91 Å². The van der Waals surface area contributed by atoms with E-state index in [9.17, 15) is 9.59 Å². The van der Waals surface area contributed by atoms with Crippen LogP contribution in [0.3, 0.4) is 0 Å². The minimum absolute atomic E-state index is 0.173. The molecule has 0 spiro atoms. The summed E-state index contributed by atoms with van der Waals surface area (Å²) in [5.41, 5.74) is 5.78. The van der Waals surface area contributed by atoms with Gasteiger partial charge in [-0.3, -0.25) is 9.59 Å². The zero-order chi connectivity index (χ0) is 23.7. The van der Waals surface area contributed by atoms with Crippen molar-refractivity contribution in [1.29, 1.82) is 0 Å². The smallest absolute Gasteiger partial charge is 0.259 e. The lowest BCUT2D eigenvalue weighted by Crippen LogP contribution is -2.14. The molecule has 0 aliphatic heterocycles. The molecular formula is C27H34N2O3. The average Bonchev–Trinajstić information content (AvgIpc) is 3.12. The number of carbonyl (C=O) groups excluding carboxylic acids is 2. The van der Waals surface area contributed by atoms with Crippen molar-refractivity contribution in [3.63, 3.8) is 0 Å². The van der Waals surface area contributed by atoms with E-state index in [2.05, 4.69) is 23.6 Å². The first kappa shape index (κ1) is 24.9. The van der Waals surface area contributed by atoms with Crippen molar-refractivity contribution in [2.45, 2.75) is 53.9 Å². The number of nitrogens with one attached hydrogen (secondary N) is 2. The van der Waals surface area contributed by atoms with Crippen LogP contribution in [0.5, 0.6) is 5.75 Å². The normalized spacial score (nSPS) is 13.1. The Balaban J connectivity index is 0.00000176. The van der Waals surface area contributed by atoms with Crippen LogP contribution in [0.25, 0.3) is 6.08 Å². The minimum Gasteiger partial charge on any atom is -0.496 e. The van der Waals surface area contributed by atoms with Crippen molar-refractivity contribution in [1.82, 2.24) is 0 Å². The maximum absolute atomic E-state index is 13.0. The molecule has 1 aliphatic rings. The predicted octanol–water partition coefficient (Wildman–Crippen LogP) is 6.75. The Morgan fingerprint density at radius 1 is 1.12 bits per heavy atom. The van der Waals surface area contributed by atoms with E-state index in [0.717, 1.165) is 40.2 Å². The van der Waals surface area contributed by atoms with Crippen LogP contribution >= 0.6 is 0 Å². The molecule has 0 saturated heterocycles. The van der Waals surface area contributed by atoms with Gasteiger partial charge in [0.1, 0.15) is 5.75 Å². The molecule has 0 bridgehead atoms. The highest BCUT2D eigenvalue weighted by Crippen LogP contribution is 2.29. The number of anilines is 2. The topological polar surface area (TPSA) is 67.4 Å². The van der Waals surface area contributed by atoms with Gasteiger partial charge in [-0.15, -0.1) is 0 Å². The van der Waals surface area contributed by atoms with Gasteiger partial charge in [-0.25, -0.2) is 0 Å². The zero-order valence-corrected chi connectivity index (χ0v) is 20.0. The van der Waals surface area contributed by atoms with Crippen LogP contribution in [-0.2, 0) is 4.79 Å². The van der Waals surface area contributed by atoms with Crippen molar-refractivity contribution in [2.24, 2.45) is 0 Å². The number of hydrogen-bond donors (Lipinski definition) is 2. The fourth-order valence-electron chi connectivity index (χ4n) is 3.51. The fraction of sp³-hybridized carbons (Fsp3) is 0.333. The van der Waals surface area contributed by atoms with Gasteiger partial charge in [0.15, 0.2) is 5.78 Å². The van der Waals surface area contributed by atoms with Gasteiger partial charge in [-0.1, -0.05) is 45.1 Å². The van der Waals surface area contributed by atoms with Crippen molar-refractivity contribution >= 4 is 29.1 Å². The Morgan fingerprint density at radius 2 is 1.88 bits per heavy atom. The van der Waals surface area contributed by atoms with Crippen LogP contribution in [0, 0.1) is 6.92 Å². The molecule has 1 aliphatic carbocycles. The monoisotopic (exact) mass is 434 g/mol. The molecule has 3 rings (SSSR count). The Morgan fingerprint density at radius 3 is 2.50 bits per heavy atom. The van der Waals surface area contributed by atoms with E-state index in [1.165, 1.54) is 0 Å². The number of allylic oxidation sites excluding steroid dienone is 3. The van der Waals surface area contributed by atoms with Gasteiger partial charge in [0.2, 0.25) is 0 Å². The minimum atomic E-state index is -0.235. The molecule has 0 aromatic heterocycles. The highest BCUT2D eigenvalue weighted by atomic mass is 16.5. The first-order chi connectivity index (χ1) is 15.4. The summed E-state index contributed by atoms with van der Waals surface area (Å²) in [5, 5.41) is 6.30. The number of ether oxygens (including phenoxy) is 1. The molecule has 32 heavy (non-hydrogen) atoms. The van der Waals surface area contributed by atoms with Crippen molar-refractivity contribution in [2.75, 3.05) is 17.7 Å². The van der Waals surface area contributed by atoms with Gasteiger partial charge < -0.3 is 15.4 Å².